The van der Waals surface area contributed by atoms with Crippen LogP contribution in [-0.4, -0.2) is 76.2 Å². The molecule has 3 aliphatic carbocycles. The fraction of sp³-hybridized carbons (Fsp3) is 0.541. The van der Waals surface area contributed by atoms with Gasteiger partial charge in [-0.05, 0) is 29.7 Å². The molecule has 2 saturated carbocycles. The van der Waals surface area contributed by atoms with Gasteiger partial charge in [0.1, 0.15) is 41.9 Å². The summed E-state index contributed by atoms with van der Waals surface area (Å²) in [7, 11) is 0. The van der Waals surface area contributed by atoms with Crippen molar-refractivity contribution in [3.8, 4) is 0 Å². The minimum atomic E-state index is -2.24. The summed E-state index contributed by atoms with van der Waals surface area (Å²) in [6.45, 7) is 15.5. The van der Waals surface area contributed by atoms with Crippen molar-refractivity contribution < 1.29 is 57.9 Å². The molecule has 0 unspecified atom stereocenters. The van der Waals surface area contributed by atoms with Crippen LogP contribution in [0.5, 0.6) is 0 Å². The largest absolute Gasteiger partial charge is 0.462 e. The molecular weight excluding hydrogens is 636 g/mol. The van der Waals surface area contributed by atoms with Crippen LogP contribution in [0.1, 0.15) is 73.8 Å². The SMILES string of the molecule is C=C1[C@@H](OC(=O)C=Cc2ccccc2)C[C@H](OC(C)=O)[C@@]2(C)[C@@H](OC(C)=O)[C@H](O)[C@@]3(O)C(C)=C(OC(C)=O)C[C@@H]([C@@H](OC(C)=O)[C@H]12)C3(C)C. The zero-order valence-corrected chi connectivity index (χ0v) is 29.2. The van der Waals surface area contributed by atoms with Gasteiger partial charge < -0.3 is 33.9 Å². The van der Waals surface area contributed by atoms with Crippen molar-refractivity contribution in [2.75, 3.05) is 0 Å². The summed E-state index contributed by atoms with van der Waals surface area (Å²) in [6, 6.07) is 9.07. The molecule has 3 aliphatic rings. The molecule has 2 bridgehead atoms. The number of hydrogen-bond donors (Lipinski definition) is 2. The van der Waals surface area contributed by atoms with E-state index in [2.05, 4.69) is 6.58 Å². The van der Waals surface area contributed by atoms with Crippen molar-refractivity contribution in [3.63, 3.8) is 0 Å². The molecule has 4 rings (SSSR count). The molecule has 0 saturated heterocycles. The van der Waals surface area contributed by atoms with Crippen molar-refractivity contribution in [1.82, 2.24) is 0 Å². The fourth-order valence-corrected chi connectivity index (χ4v) is 8.24. The van der Waals surface area contributed by atoms with Crippen molar-refractivity contribution in [3.05, 3.63) is 65.5 Å². The molecule has 12 nitrogen and oxygen atoms in total. The molecule has 49 heavy (non-hydrogen) atoms. The van der Waals surface area contributed by atoms with Crippen molar-refractivity contribution in [2.24, 2.45) is 22.7 Å². The van der Waals surface area contributed by atoms with E-state index in [1.165, 1.54) is 33.8 Å². The fourth-order valence-electron chi connectivity index (χ4n) is 8.24. The second kappa shape index (κ2) is 13.9. The average Bonchev–Trinajstić information content (AvgIpc) is 3.00. The summed E-state index contributed by atoms with van der Waals surface area (Å²) in [5, 5.41) is 25.1. The smallest absolute Gasteiger partial charge is 0.331 e. The first-order valence-electron chi connectivity index (χ1n) is 16.2. The summed E-state index contributed by atoms with van der Waals surface area (Å²) in [5.41, 5.74) is -4.10. The van der Waals surface area contributed by atoms with E-state index in [-0.39, 0.29) is 29.7 Å². The summed E-state index contributed by atoms with van der Waals surface area (Å²) >= 11 is 0. The van der Waals surface area contributed by atoms with E-state index in [4.69, 9.17) is 23.7 Å². The third-order valence-electron chi connectivity index (χ3n) is 10.6. The lowest BCUT2D eigenvalue weighted by atomic mass is 9.45. The number of hydrogen-bond acceptors (Lipinski definition) is 12. The summed E-state index contributed by atoms with van der Waals surface area (Å²) < 4.78 is 29.3. The Morgan fingerprint density at radius 1 is 0.878 bits per heavy atom. The average molecular weight is 683 g/mol. The second-order valence-corrected chi connectivity index (χ2v) is 13.9. The van der Waals surface area contributed by atoms with Gasteiger partial charge in [-0.3, -0.25) is 19.2 Å². The number of carbonyl (C=O) groups excluding carboxylic acids is 5. The maximum atomic E-state index is 13.2. The number of fused-ring (bicyclic) bond motifs is 3. The number of carbonyl (C=O) groups is 5. The maximum absolute atomic E-state index is 13.2. The first-order chi connectivity index (χ1) is 22.8. The van der Waals surface area contributed by atoms with E-state index in [1.807, 2.05) is 18.2 Å². The highest BCUT2D eigenvalue weighted by Crippen LogP contribution is 2.63. The molecule has 266 valence electrons. The number of aliphatic hydroxyl groups is 2. The zero-order chi connectivity index (χ0) is 36.6. The summed E-state index contributed by atoms with van der Waals surface area (Å²) in [4.78, 5) is 63.8. The number of rotatable bonds is 7. The van der Waals surface area contributed by atoms with E-state index in [0.717, 1.165) is 12.5 Å². The van der Waals surface area contributed by atoms with Crippen LogP contribution in [0.25, 0.3) is 6.08 Å². The molecule has 0 radical (unpaired) electrons. The summed E-state index contributed by atoms with van der Waals surface area (Å²) in [5.74, 6) is -5.60. The van der Waals surface area contributed by atoms with Crippen LogP contribution in [0.4, 0.5) is 0 Å². The quantitative estimate of drug-likeness (QED) is 0.184. The number of allylic oxidation sites excluding steroid dienone is 1. The van der Waals surface area contributed by atoms with Gasteiger partial charge in [-0.15, -0.1) is 0 Å². The monoisotopic (exact) mass is 682 g/mol. The topological polar surface area (TPSA) is 172 Å². The lowest BCUT2D eigenvalue weighted by molar-refractivity contribution is -0.274. The molecule has 1 aromatic rings. The van der Waals surface area contributed by atoms with Crippen LogP contribution in [0.3, 0.4) is 0 Å². The highest BCUT2D eigenvalue weighted by Gasteiger charge is 2.72. The normalized spacial score (nSPS) is 33.8. The Labute approximate surface area is 286 Å². The Morgan fingerprint density at radius 2 is 1.47 bits per heavy atom. The molecule has 0 aromatic heterocycles. The lowest BCUT2D eigenvalue weighted by Gasteiger charge is -2.64. The Kier molecular flexibility index (Phi) is 10.7. The third kappa shape index (κ3) is 6.81. The first kappa shape index (κ1) is 37.5. The van der Waals surface area contributed by atoms with Crippen LogP contribution < -0.4 is 0 Å². The number of benzene rings is 1. The minimum Gasteiger partial charge on any atom is -0.462 e. The Morgan fingerprint density at radius 3 is 2.02 bits per heavy atom. The molecule has 2 fully saturated rings. The first-order valence-corrected chi connectivity index (χ1v) is 16.2. The molecule has 0 heterocycles. The summed E-state index contributed by atoms with van der Waals surface area (Å²) in [6.07, 6.45) is -4.43. The number of ether oxygens (including phenoxy) is 5. The third-order valence-corrected chi connectivity index (χ3v) is 10.6. The maximum Gasteiger partial charge on any atom is 0.331 e. The predicted molar refractivity (Wildman–Crippen MR) is 175 cm³/mol. The highest BCUT2D eigenvalue weighted by molar-refractivity contribution is 5.87. The zero-order valence-electron chi connectivity index (χ0n) is 29.2. The van der Waals surface area contributed by atoms with Crippen LogP contribution >= 0.6 is 0 Å². The minimum absolute atomic E-state index is 0.0218. The van der Waals surface area contributed by atoms with E-state index in [1.54, 1.807) is 39.0 Å². The van der Waals surface area contributed by atoms with Gasteiger partial charge in [0, 0.05) is 63.9 Å². The van der Waals surface area contributed by atoms with Crippen LogP contribution in [0.2, 0.25) is 0 Å². The molecular formula is C37H46O12. The molecule has 0 spiro atoms. The van der Waals surface area contributed by atoms with Gasteiger partial charge in [0.2, 0.25) is 0 Å². The molecule has 12 heteroatoms. The standard InChI is InChI=1S/C37H46O12/c1-19-27(49-30(42)16-15-25-13-11-10-12-14-25)18-29(46-22(4)39)36(9)31(19)32(47-23(5)40)26-17-28(45-21(3)38)20(2)37(44,35(26,7)8)33(43)34(36)48-24(6)41/h10-16,26-27,29,31-34,43-44H,1,17-18H2,2-9H3/t26-,27-,29-,31-,32+,33-,34-,36+,37-/m0/s1. The second-order valence-electron chi connectivity index (χ2n) is 13.9. The van der Waals surface area contributed by atoms with Gasteiger partial charge in [-0.2, -0.15) is 0 Å². The Balaban J connectivity index is 1.98. The van der Waals surface area contributed by atoms with Crippen LogP contribution in [0.15, 0.2) is 59.9 Å². The molecule has 0 aliphatic heterocycles. The van der Waals surface area contributed by atoms with Gasteiger partial charge in [-0.1, -0.05) is 57.7 Å². The van der Waals surface area contributed by atoms with Gasteiger partial charge >= 0.3 is 29.8 Å². The van der Waals surface area contributed by atoms with Gasteiger partial charge in [0.05, 0.1) is 5.41 Å². The Hall–Kier alpha value is -4.29. The molecule has 9 atom stereocenters. The Bertz CT molecular complexity index is 1570. The van der Waals surface area contributed by atoms with Gasteiger partial charge in [0.25, 0.3) is 0 Å². The van der Waals surface area contributed by atoms with Crippen molar-refractivity contribution in [1.29, 1.82) is 0 Å². The van der Waals surface area contributed by atoms with Gasteiger partial charge in [-0.25, -0.2) is 4.79 Å². The van der Waals surface area contributed by atoms with E-state index in [0.29, 0.717) is 0 Å². The predicted octanol–water partition coefficient (Wildman–Crippen LogP) is 3.98. The molecule has 0 amide bonds. The van der Waals surface area contributed by atoms with Gasteiger partial charge in [0.15, 0.2) is 0 Å². The lowest BCUT2D eigenvalue weighted by Crippen LogP contribution is -2.74. The van der Waals surface area contributed by atoms with Crippen molar-refractivity contribution in [2.45, 2.75) is 104 Å². The van der Waals surface area contributed by atoms with Crippen molar-refractivity contribution >= 4 is 35.9 Å². The van der Waals surface area contributed by atoms with Crippen LogP contribution in [-0.2, 0) is 47.7 Å². The van der Waals surface area contributed by atoms with E-state index < -0.39 is 88.6 Å². The number of esters is 5. The van der Waals surface area contributed by atoms with E-state index in [9.17, 15) is 34.2 Å². The molecule has 2 N–H and O–H groups in total. The van der Waals surface area contributed by atoms with E-state index >= 15 is 0 Å². The highest BCUT2D eigenvalue weighted by atomic mass is 16.6. The van der Waals surface area contributed by atoms with Crippen LogP contribution in [0, 0.1) is 22.7 Å². The number of aliphatic hydroxyl groups excluding tert-OH is 1. The molecule has 1 aromatic carbocycles.